The topological polar surface area (TPSA) is 67.2 Å². The first kappa shape index (κ1) is 13.7. The van der Waals surface area contributed by atoms with E-state index in [9.17, 15) is 4.79 Å². The van der Waals surface area contributed by atoms with Crippen LogP contribution in [0.2, 0.25) is 0 Å². The fourth-order valence-electron chi connectivity index (χ4n) is 1.73. The monoisotopic (exact) mass is 239 g/mol. The van der Waals surface area contributed by atoms with Gasteiger partial charge in [-0.25, -0.2) is 0 Å². The zero-order chi connectivity index (χ0) is 13.0. The highest BCUT2D eigenvalue weighted by Crippen LogP contribution is 2.12. The summed E-state index contributed by atoms with van der Waals surface area (Å²) in [6, 6.07) is 0.209. The minimum absolute atomic E-state index is 0.0331. The standard InChI is InChI=1S/C12H21N3O2/c1-8(2)15-10(4)11(7-13-15)12(17)14-9(3)5-6-16/h7-9,16H,5-6H2,1-4H3,(H,14,17). The Labute approximate surface area is 102 Å². The Bertz CT molecular complexity index is 385. The maximum atomic E-state index is 11.9. The first-order valence-electron chi connectivity index (χ1n) is 5.93. The zero-order valence-electron chi connectivity index (χ0n) is 10.9. The Hall–Kier alpha value is -1.36. The predicted molar refractivity (Wildman–Crippen MR) is 66.0 cm³/mol. The van der Waals surface area contributed by atoms with Crippen molar-refractivity contribution < 1.29 is 9.90 Å². The Balaban J connectivity index is 2.76. The highest BCUT2D eigenvalue weighted by atomic mass is 16.3. The molecule has 0 aliphatic rings. The smallest absolute Gasteiger partial charge is 0.254 e. The normalized spacial score (nSPS) is 12.8. The van der Waals surface area contributed by atoms with E-state index in [1.54, 1.807) is 6.20 Å². The van der Waals surface area contributed by atoms with Gasteiger partial charge in [-0.3, -0.25) is 9.48 Å². The van der Waals surface area contributed by atoms with E-state index >= 15 is 0 Å². The van der Waals surface area contributed by atoms with Crippen LogP contribution >= 0.6 is 0 Å². The summed E-state index contributed by atoms with van der Waals surface area (Å²) in [4.78, 5) is 11.9. The van der Waals surface area contributed by atoms with Crippen molar-refractivity contribution in [3.63, 3.8) is 0 Å². The van der Waals surface area contributed by atoms with Crippen LogP contribution in [0.5, 0.6) is 0 Å². The molecule has 0 aliphatic heterocycles. The number of rotatable bonds is 5. The summed E-state index contributed by atoms with van der Waals surface area (Å²) in [6.07, 6.45) is 2.15. The van der Waals surface area contributed by atoms with E-state index < -0.39 is 0 Å². The summed E-state index contributed by atoms with van der Waals surface area (Å²) in [7, 11) is 0. The van der Waals surface area contributed by atoms with Crippen LogP contribution in [0.1, 0.15) is 49.3 Å². The molecule has 0 bridgehead atoms. The summed E-state index contributed by atoms with van der Waals surface area (Å²) in [5, 5.41) is 15.8. The maximum absolute atomic E-state index is 11.9. The summed E-state index contributed by atoms with van der Waals surface area (Å²) >= 11 is 0. The van der Waals surface area contributed by atoms with E-state index in [1.165, 1.54) is 0 Å². The third kappa shape index (κ3) is 3.30. The highest BCUT2D eigenvalue weighted by molar-refractivity contribution is 5.95. The summed E-state index contributed by atoms with van der Waals surface area (Å²) < 4.78 is 1.83. The van der Waals surface area contributed by atoms with Gasteiger partial charge >= 0.3 is 0 Å². The number of nitrogens with one attached hydrogen (secondary N) is 1. The quantitative estimate of drug-likeness (QED) is 0.813. The second-order valence-electron chi connectivity index (χ2n) is 4.57. The van der Waals surface area contributed by atoms with E-state index in [4.69, 9.17) is 5.11 Å². The van der Waals surface area contributed by atoms with Crippen LogP contribution in [0.3, 0.4) is 0 Å². The summed E-state index contributed by atoms with van der Waals surface area (Å²) in [5.74, 6) is -0.129. The van der Waals surface area contributed by atoms with Crippen LogP contribution in [-0.4, -0.2) is 33.4 Å². The second-order valence-corrected chi connectivity index (χ2v) is 4.57. The first-order chi connectivity index (χ1) is 7.97. The lowest BCUT2D eigenvalue weighted by atomic mass is 10.2. The van der Waals surface area contributed by atoms with Gasteiger partial charge in [-0.15, -0.1) is 0 Å². The Morgan fingerprint density at radius 2 is 2.18 bits per heavy atom. The number of amides is 1. The van der Waals surface area contributed by atoms with Gasteiger partial charge in [0.1, 0.15) is 0 Å². The predicted octanol–water partition coefficient (Wildman–Crippen LogP) is 1.27. The molecule has 0 aromatic carbocycles. The molecule has 0 spiro atoms. The zero-order valence-corrected chi connectivity index (χ0v) is 10.9. The Morgan fingerprint density at radius 1 is 1.53 bits per heavy atom. The molecule has 1 rings (SSSR count). The third-order valence-corrected chi connectivity index (χ3v) is 2.72. The van der Waals surface area contributed by atoms with Crippen LogP contribution < -0.4 is 5.32 Å². The van der Waals surface area contributed by atoms with Crippen molar-refractivity contribution in [2.75, 3.05) is 6.61 Å². The SMILES string of the molecule is Cc1c(C(=O)NC(C)CCO)cnn1C(C)C. The number of hydrogen-bond acceptors (Lipinski definition) is 3. The molecule has 1 atom stereocenters. The van der Waals surface area contributed by atoms with Gasteiger partial charge < -0.3 is 10.4 Å². The molecular formula is C12H21N3O2. The number of nitrogens with zero attached hydrogens (tertiary/aromatic N) is 2. The summed E-state index contributed by atoms with van der Waals surface area (Å²) in [5.41, 5.74) is 1.47. The molecule has 96 valence electrons. The molecule has 5 heteroatoms. The lowest BCUT2D eigenvalue weighted by molar-refractivity contribution is 0.0933. The number of carbonyl (C=O) groups is 1. The van der Waals surface area contributed by atoms with Crippen LogP contribution in [0.25, 0.3) is 0 Å². The third-order valence-electron chi connectivity index (χ3n) is 2.72. The van der Waals surface area contributed by atoms with Crippen molar-refractivity contribution in [3.8, 4) is 0 Å². The van der Waals surface area contributed by atoms with Crippen LogP contribution in [-0.2, 0) is 0 Å². The van der Waals surface area contributed by atoms with Gasteiger partial charge in [-0.05, 0) is 34.1 Å². The van der Waals surface area contributed by atoms with Crippen LogP contribution in [0.15, 0.2) is 6.20 Å². The Kier molecular flexibility index (Phi) is 4.69. The number of aromatic nitrogens is 2. The van der Waals surface area contributed by atoms with Crippen molar-refractivity contribution in [1.82, 2.24) is 15.1 Å². The molecule has 0 aliphatic carbocycles. The number of aliphatic hydroxyl groups excluding tert-OH is 1. The van der Waals surface area contributed by atoms with Crippen LogP contribution in [0.4, 0.5) is 0 Å². The number of aliphatic hydroxyl groups is 1. The molecule has 0 fully saturated rings. The van der Waals surface area contributed by atoms with Crippen molar-refractivity contribution in [2.24, 2.45) is 0 Å². The van der Waals surface area contributed by atoms with Gasteiger partial charge in [0, 0.05) is 24.4 Å². The van der Waals surface area contributed by atoms with Gasteiger partial charge in [0.2, 0.25) is 0 Å². The average molecular weight is 239 g/mol. The maximum Gasteiger partial charge on any atom is 0.254 e. The molecule has 1 amide bonds. The number of hydrogen-bond donors (Lipinski definition) is 2. The van der Waals surface area contributed by atoms with Gasteiger partial charge in [0.15, 0.2) is 0 Å². The van der Waals surface area contributed by atoms with Gasteiger partial charge in [-0.1, -0.05) is 0 Å². The molecular weight excluding hydrogens is 218 g/mol. The molecule has 0 saturated heterocycles. The lowest BCUT2D eigenvalue weighted by Gasteiger charge is -2.12. The van der Waals surface area contributed by atoms with E-state index in [2.05, 4.69) is 10.4 Å². The minimum Gasteiger partial charge on any atom is -0.396 e. The van der Waals surface area contributed by atoms with Crippen molar-refractivity contribution in [2.45, 2.75) is 46.2 Å². The molecule has 2 N–H and O–H groups in total. The first-order valence-corrected chi connectivity index (χ1v) is 5.93. The number of carbonyl (C=O) groups excluding carboxylic acids is 1. The van der Waals surface area contributed by atoms with Gasteiger partial charge in [-0.2, -0.15) is 5.10 Å². The Morgan fingerprint density at radius 3 is 2.65 bits per heavy atom. The van der Waals surface area contributed by atoms with Crippen molar-refractivity contribution in [3.05, 3.63) is 17.5 Å². The van der Waals surface area contributed by atoms with Crippen molar-refractivity contribution in [1.29, 1.82) is 0 Å². The van der Waals surface area contributed by atoms with Gasteiger partial charge in [0.25, 0.3) is 5.91 Å². The van der Waals surface area contributed by atoms with E-state index in [-0.39, 0.29) is 24.6 Å². The molecule has 5 nitrogen and oxygen atoms in total. The van der Waals surface area contributed by atoms with E-state index in [0.717, 1.165) is 5.69 Å². The molecule has 1 unspecified atom stereocenters. The van der Waals surface area contributed by atoms with Gasteiger partial charge in [0.05, 0.1) is 11.8 Å². The fourth-order valence-corrected chi connectivity index (χ4v) is 1.73. The summed E-state index contributed by atoms with van der Waals surface area (Å²) in [6.45, 7) is 7.88. The lowest BCUT2D eigenvalue weighted by Crippen LogP contribution is -2.33. The average Bonchev–Trinajstić information content (AvgIpc) is 2.60. The van der Waals surface area contributed by atoms with E-state index in [0.29, 0.717) is 12.0 Å². The molecule has 1 aromatic heterocycles. The van der Waals surface area contributed by atoms with Crippen LogP contribution in [0, 0.1) is 6.92 Å². The molecule has 1 aromatic rings. The minimum atomic E-state index is -0.129. The second kappa shape index (κ2) is 5.82. The fraction of sp³-hybridized carbons (Fsp3) is 0.667. The largest absolute Gasteiger partial charge is 0.396 e. The highest BCUT2D eigenvalue weighted by Gasteiger charge is 2.16. The molecule has 0 saturated carbocycles. The molecule has 0 radical (unpaired) electrons. The van der Waals surface area contributed by atoms with Crippen molar-refractivity contribution >= 4 is 5.91 Å². The molecule has 1 heterocycles. The molecule has 17 heavy (non-hydrogen) atoms. The van der Waals surface area contributed by atoms with E-state index in [1.807, 2.05) is 32.4 Å².